The maximum atomic E-state index is 9.14. The number of aromatic hydroxyl groups is 1. The van der Waals surface area contributed by atoms with E-state index in [4.69, 9.17) is 15.6 Å². The van der Waals surface area contributed by atoms with Crippen LogP contribution in [0.3, 0.4) is 0 Å². The van der Waals surface area contributed by atoms with E-state index < -0.39 is 0 Å². The van der Waals surface area contributed by atoms with Crippen LogP contribution < -0.4 is 10.5 Å². The molecule has 3 N–H and O–H groups in total. The highest BCUT2D eigenvalue weighted by Crippen LogP contribution is 2.17. The highest BCUT2D eigenvalue weighted by atomic mass is 16.5. The molecule has 90 valence electrons. The zero-order valence-corrected chi connectivity index (χ0v) is 9.76. The lowest BCUT2D eigenvalue weighted by molar-refractivity contribution is 0.305. The number of phenolic OH excluding ortho intramolecular Hbond substituents is 1. The first-order valence-corrected chi connectivity index (χ1v) is 5.45. The first kappa shape index (κ1) is 11.5. The predicted molar refractivity (Wildman–Crippen MR) is 65.7 cm³/mol. The van der Waals surface area contributed by atoms with Gasteiger partial charge in [0, 0.05) is 31.0 Å². The number of aromatic nitrogens is 1. The first-order valence-electron chi connectivity index (χ1n) is 5.45. The largest absolute Gasteiger partial charge is 0.508 e. The Labute approximate surface area is 100 Å². The van der Waals surface area contributed by atoms with E-state index in [-0.39, 0.29) is 5.75 Å². The Morgan fingerprint density at radius 2 is 2.00 bits per heavy atom. The molecule has 1 heterocycles. The summed E-state index contributed by atoms with van der Waals surface area (Å²) in [6.07, 6.45) is 2.00. The summed E-state index contributed by atoms with van der Waals surface area (Å²) < 4.78 is 7.59. The number of rotatable bonds is 4. The average molecular weight is 232 g/mol. The smallest absolute Gasteiger partial charge is 0.120 e. The monoisotopic (exact) mass is 232 g/mol. The Morgan fingerprint density at radius 1 is 1.29 bits per heavy atom. The van der Waals surface area contributed by atoms with Crippen molar-refractivity contribution in [2.24, 2.45) is 12.8 Å². The third-order valence-corrected chi connectivity index (χ3v) is 2.62. The molecule has 4 heteroatoms. The molecule has 0 radical (unpaired) electrons. The standard InChI is InChI=1S/C13H16N2O2/c1-15-8-10(6-11(15)7-14)9-17-13-4-2-12(16)3-5-13/h2-6,8,16H,7,9,14H2,1H3. The molecule has 0 unspecified atom stereocenters. The summed E-state index contributed by atoms with van der Waals surface area (Å²) in [4.78, 5) is 0. The summed E-state index contributed by atoms with van der Waals surface area (Å²) in [7, 11) is 1.96. The SMILES string of the molecule is Cn1cc(COc2ccc(O)cc2)cc1CN. The average Bonchev–Trinajstić information content (AvgIpc) is 2.69. The van der Waals surface area contributed by atoms with E-state index in [2.05, 4.69) is 0 Å². The first-order chi connectivity index (χ1) is 8.19. The summed E-state index contributed by atoms with van der Waals surface area (Å²) in [5.74, 6) is 0.975. The van der Waals surface area contributed by atoms with Crippen LogP contribution in [-0.2, 0) is 20.2 Å². The van der Waals surface area contributed by atoms with E-state index in [0.717, 1.165) is 17.0 Å². The topological polar surface area (TPSA) is 60.4 Å². The minimum absolute atomic E-state index is 0.238. The number of hydrogen-bond acceptors (Lipinski definition) is 3. The van der Waals surface area contributed by atoms with Gasteiger partial charge in [0.1, 0.15) is 18.1 Å². The molecule has 0 fully saturated rings. The molecule has 0 amide bonds. The van der Waals surface area contributed by atoms with Crippen LogP contribution in [0.5, 0.6) is 11.5 Å². The van der Waals surface area contributed by atoms with Gasteiger partial charge in [-0.15, -0.1) is 0 Å². The van der Waals surface area contributed by atoms with Crippen LogP contribution in [0.1, 0.15) is 11.3 Å². The van der Waals surface area contributed by atoms with Crippen molar-refractivity contribution in [2.45, 2.75) is 13.2 Å². The molecular weight excluding hydrogens is 216 g/mol. The summed E-state index contributed by atoms with van der Waals surface area (Å²) >= 11 is 0. The van der Waals surface area contributed by atoms with Crippen molar-refractivity contribution >= 4 is 0 Å². The van der Waals surface area contributed by atoms with Gasteiger partial charge >= 0.3 is 0 Å². The van der Waals surface area contributed by atoms with Crippen molar-refractivity contribution in [3.05, 3.63) is 47.8 Å². The van der Waals surface area contributed by atoms with Gasteiger partial charge in [-0.05, 0) is 30.3 Å². The Hall–Kier alpha value is -1.94. The van der Waals surface area contributed by atoms with Crippen molar-refractivity contribution in [1.82, 2.24) is 4.57 Å². The second kappa shape index (κ2) is 4.93. The van der Waals surface area contributed by atoms with Gasteiger partial charge < -0.3 is 20.1 Å². The van der Waals surface area contributed by atoms with Gasteiger partial charge in [0.25, 0.3) is 0 Å². The Morgan fingerprint density at radius 3 is 2.59 bits per heavy atom. The minimum atomic E-state index is 0.238. The maximum Gasteiger partial charge on any atom is 0.120 e. The lowest BCUT2D eigenvalue weighted by atomic mass is 10.3. The number of hydrogen-bond donors (Lipinski definition) is 2. The number of nitrogens with two attached hydrogens (primary N) is 1. The van der Waals surface area contributed by atoms with Crippen molar-refractivity contribution in [3.63, 3.8) is 0 Å². The third kappa shape index (κ3) is 2.79. The van der Waals surface area contributed by atoms with E-state index in [9.17, 15) is 0 Å². The van der Waals surface area contributed by atoms with Crippen LogP contribution >= 0.6 is 0 Å². The van der Waals surface area contributed by atoms with E-state index in [0.29, 0.717) is 13.2 Å². The van der Waals surface area contributed by atoms with Crippen LogP contribution in [0.25, 0.3) is 0 Å². The van der Waals surface area contributed by atoms with Crippen molar-refractivity contribution in [2.75, 3.05) is 0 Å². The minimum Gasteiger partial charge on any atom is -0.508 e. The predicted octanol–water partition coefficient (Wildman–Crippen LogP) is 1.77. The molecule has 2 rings (SSSR count). The number of aryl methyl sites for hydroxylation is 1. The lowest BCUT2D eigenvalue weighted by Gasteiger charge is -2.04. The second-order valence-electron chi connectivity index (χ2n) is 3.94. The number of phenols is 1. The Bertz CT molecular complexity index is 489. The van der Waals surface area contributed by atoms with Gasteiger partial charge in [-0.3, -0.25) is 0 Å². The molecule has 0 bridgehead atoms. The molecule has 17 heavy (non-hydrogen) atoms. The van der Waals surface area contributed by atoms with Gasteiger partial charge in [-0.1, -0.05) is 0 Å². The van der Waals surface area contributed by atoms with E-state index in [1.165, 1.54) is 0 Å². The molecule has 0 aliphatic carbocycles. The molecular formula is C13H16N2O2. The molecule has 1 aromatic carbocycles. The number of benzene rings is 1. The van der Waals surface area contributed by atoms with E-state index in [1.807, 2.05) is 23.9 Å². The molecule has 0 spiro atoms. The molecule has 0 aliphatic heterocycles. The molecule has 4 nitrogen and oxygen atoms in total. The molecule has 1 aromatic heterocycles. The van der Waals surface area contributed by atoms with Gasteiger partial charge in [-0.25, -0.2) is 0 Å². The fourth-order valence-electron chi connectivity index (χ4n) is 1.68. The highest BCUT2D eigenvalue weighted by Gasteiger charge is 2.02. The Kier molecular flexibility index (Phi) is 3.35. The molecule has 2 aromatic rings. The van der Waals surface area contributed by atoms with Gasteiger partial charge in [0.15, 0.2) is 0 Å². The van der Waals surface area contributed by atoms with Gasteiger partial charge in [0.05, 0.1) is 0 Å². The van der Waals surface area contributed by atoms with Crippen molar-refractivity contribution < 1.29 is 9.84 Å². The van der Waals surface area contributed by atoms with Crippen molar-refractivity contribution in [1.29, 1.82) is 0 Å². The molecule has 0 aliphatic rings. The summed E-state index contributed by atoms with van der Waals surface area (Å²) in [6.45, 7) is 1.02. The van der Waals surface area contributed by atoms with Crippen LogP contribution in [0.15, 0.2) is 36.5 Å². The zero-order valence-electron chi connectivity index (χ0n) is 9.76. The lowest BCUT2D eigenvalue weighted by Crippen LogP contribution is -2.01. The maximum absolute atomic E-state index is 9.14. The fraction of sp³-hybridized carbons (Fsp3) is 0.231. The van der Waals surface area contributed by atoms with Crippen LogP contribution in [0.4, 0.5) is 0 Å². The quantitative estimate of drug-likeness (QED) is 0.844. The fourth-order valence-corrected chi connectivity index (χ4v) is 1.68. The second-order valence-corrected chi connectivity index (χ2v) is 3.94. The summed E-state index contributed by atoms with van der Waals surface area (Å²) in [5, 5.41) is 9.14. The van der Waals surface area contributed by atoms with E-state index in [1.54, 1.807) is 24.3 Å². The van der Waals surface area contributed by atoms with Crippen LogP contribution in [-0.4, -0.2) is 9.67 Å². The van der Waals surface area contributed by atoms with Crippen LogP contribution in [0.2, 0.25) is 0 Å². The third-order valence-electron chi connectivity index (χ3n) is 2.62. The number of ether oxygens (including phenoxy) is 1. The normalized spacial score (nSPS) is 10.5. The van der Waals surface area contributed by atoms with Crippen molar-refractivity contribution in [3.8, 4) is 11.5 Å². The van der Waals surface area contributed by atoms with Gasteiger partial charge in [-0.2, -0.15) is 0 Å². The summed E-state index contributed by atoms with van der Waals surface area (Å²) in [6, 6.07) is 8.71. The molecule has 0 atom stereocenters. The zero-order chi connectivity index (χ0) is 12.3. The van der Waals surface area contributed by atoms with E-state index >= 15 is 0 Å². The Balaban J connectivity index is 1.99. The number of nitrogens with zero attached hydrogens (tertiary/aromatic N) is 1. The van der Waals surface area contributed by atoms with Crippen LogP contribution in [0, 0.1) is 0 Å². The molecule has 0 saturated carbocycles. The molecule has 0 saturated heterocycles. The highest BCUT2D eigenvalue weighted by molar-refractivity contribution is 5.30. The van der Waals surface area contributed by atoms with Gasteiger partial charge in [0.2, 0.25) is 0 Å². The summed E-state index contributed by atoms with van der Waals surface area (Å²) in [5.41, 5.74) is 7.76.